The van der Waals surface area contributed by atoms with E-state index in [4.69, 9.17) is 0 Å². The van der Waals surface area contributed by atoms with Crippen LogP contribution in [0.4, 0.5) is 5.00 Å². The third-order valence-corrected chi connectivity index (χ3v) is 3.79. The number of carbonyl (C=O) groups is 2. The maximum Gasteiger partial charge on any atom is 0.338 e. The van der Waals surface area contributed by atoms with Crippen molar-refractivity contribution in [2.45, 2.75) is 0 Å². The van der Waals surface area contributed by atoms with E-state index >= 15 is 0 Å². The lowest BCUT2D eigenvalue weighted by atomic mass is 10.2. The molecule has 0 aliphatic heterocycles. The first kappa shape index (κ1) is 13.3. The van der Waals surface area contributed by atoms with Crippen LogP contribution in [0.15, 0.2) is 35.7 Å². The number of nitrogens with zero attached hydrogens (tertiary/aromatic N) is 1. The van der Waals surface area contributed by atoms with Crippen molar-refractivity contribution < 1.29 is 14.3 Å². The number of carbonyl (C=O) groups excluding carboxylic acids is 2. The van der Waals surface area contributed by atoms with Crippen molar-refractivity contribution in [3.8, 4) is 0 Å². The highest BCUT2D eigenvalue weighted by Gasteiger charge is 2.16. The molecule has 6 nitrogen and oxygen atoms in total. The highest BCUT2D eigenvalue weighted by atomic mass is 32.1. The number of hydrogen-bond acceptors (Lipinski definition) is 5. The van der Waals surface area contributed by atoms with Gasteiger partial charge < -0.3 is 10.1 Å². The molecule has 2 aromatic heterocycles. The van der Waals surface area contributed by atoms with E-state index in [1.807, 2.05) is 24.3 Å². The number of aromatic nitrogens is 2. The lowest BCUT2D eigenvalue weighted by molar-refractivity contribution is 0.0601. The zero-order chi connectivity index (χ0) is 14.8. The van der Waals surface area contributed by atoms with Crippen molar-refractivity contribution in [1.29, 1.82) is 0 Å². The molecule has 0 unspecified atom stereocenters. The number of amides is 1. The molecule has 1 amide bonds. The van der Waals surface area contributed by atoms with Gasteiger partial charge in [-0.15, -0.1) is 11.3 Å². The van der Waals surface area contributed by atoms with Crippen LogP contribution in [0.1, 0.15) is 20.8 Å². The van der Waals surface area contributed by atoms with Crippen LogP contribution in [0, 0.1) is 0 Å². The summed E-state index contributed by atoms with van der Waals surface area (Å²) < 4.78 is 4.62. The average molecular weight is 301 g/mol. The number of para-hydroxylation sites is 1. The quantitative estimate of drug-likeness (QED) is 0.728. The van der Waals surface area contributed by atoms with E-state index in [1.165, 1.54) is 18.4 Å². The molecule has 1 aromatic carbocycles. The Bertz CT molecular complexity index is 822. The van der Waals surface area contributed by atoms with Crippen LogP contribution in [-0.4, -0.2) is 29.2 Å². The van der Waals surface area contributed by atoms with Crippen molar-refractivity contribution in [2.24, 2.45) is 0 Å². The average Bonchev–Trinajstić information content (AvgIpc) is 3.12. The first-order chi connectivity index (χ1) is 10.2. The minimum Gasteiger partial charge on any atom is -0.465 e. The number of nitrogens with one attached hydrogen (secondary N) is 2. The maximum atomic E-state index is 12.2. The number of anilines is 1. The molecule has 0 spiro atoms. The molecule has 2 heterocycles. The standard InChI is InChI=1S/C14H11N3O3S/c1-20-14(19)8-6-11(21-7-8)15-13(18)12-9-4-2-3-5-10(9)16-17-12/h2-7H,1H3,(H,15,18)(H,16,17). The summed E-state index contributed by atoms with van der Waals surface area (Å²) in [6.45, 7) is 0. The van der Waals surface area contributed by atoms with E-state index in [1.54, 1.807) is 11.4 Å². The second-order valence-electron chi connectivity index (χ2n) is 4.26. The van der Waals surface area contributed by atoms with Gasteiger partial charge in [0.25, 0.3) is 5.91 Å². The van der Waals surface area contributed by atoms with Crippen LogP contribution >= 0.6 is 11.3 Å². The monoisotopic (exact) mass is 301 g/mol. The lowest BCUT2D eigenvalue weighted by Gasteiger charge is -1.99. The van der Waals surface area contributed by atoms with Crippen molar-refractivity contribution in [1.82, 2.24) is 10.2 Å². The van der Waals surface area contributed by atoms with Gasteiger partial charge in [0.2, 0.25) is 0 Å². The number of H-pyrrole nitrogens is 1. The molecule has 0 aliphatic rings. The SMILES string of the molecule is COC(=O)c1csc(NC(=O)c2n[nH]c3ccccc23)c1. The molecular weight excluding hydrogens is 290 g/mol. The van der Waals surface area contributed by atoms with Crippen molar-refractivity contribution >= 4 is 39.1 Å². The van der Waals surface area contributed by atoms with Crippen molar-refractivity contribution in [2.75, 3.05) is 12.4 Å². The van der Waals surface area contributed by atoms with Crippen LogP contribution in [-0.2, 0) is 4.74 Å². The van der Waals surface area contributed by atoms with Crippen LogP contribution in [0.25, 0.3) is 10.9 Å². The van der Waals surface area contributed by atoms with Crippen molar-refractivity contribution in [3.63, 3.8) is 0 Å². The molecule has 0 saturated carbocycles. The van der Waals surface area contributed by atoms with Gasteiger partial charge in [0.1, 0.15) is 0 Å². The number of esters is 1. The zero-order valence-corrected chi connectivity index (χ0v) is 11.9. The molecule has 0 aliphatic carbocycles. The minimum absolute atomic E-state index is 0.318. The zero-order valence-electron chi connectivity index (χ0n) is 11.0. The number of hydrogen-bond donors (Lipinski definition) is 2. The van der Waals surface area contributed by atoms with Gasteiger partial charge in [0.05, 0.1) is 23.2 Å². The molecule has 0 fully saturated rings. The highest BCUT2D eigenvalue weighted by Crippen LogP contribution is 2.23. The predicted octanol–water partition coefficient (Wildman–Crippen LogP) is 2.66. The molecule has 2 N–H and O–H groups in total. The Kier molecular flexibility index (Phi) is 3.41. The van der Waals surface area contributed by atoms with E-state index < -0.39 is 5.97 Å². The summed E-state index contributed by atoms with van der Waals surface area (Å²) in [6.07, 6.45) is 0. The molecule has 0 radical (unpaired) electrons. The van der Waals surface area contributed by atoms with Crippen LogP contribution in [0.3, 0.4) is 0 Å². The third-order valence-electron chi connectivity index (χ3n) is 2.94. The third kappa shape index (κ3) is 2.50. The number of rotatable bonds is 3. The highest BCUT2D eigenvalue weighted by molar-refractivity contribution is 7.14. The fraction of sp³-hybridized carbons (Fsp3) is 0.0714. The molecule has 106 valence electrons. The largest absolute Gasteiger partial charge is 0.465 e. The molecule has 0 atom stereocenters. The number of methoxy groups -OCH3 is 1. The summed E-state index contributed by atoms with van der Waals surface area (Å²) in [5.74, 6) is -0.761. The van der Waals surface area contributed by atoms with Crippen LogP contribution in [0.5, 0.6) is 0 Å². The molecule has 3 aromatic rings. The van der Waals surface area contributed by atoms with Gasteiger partial charge in [-0.1, -0.05) is 18.2 Å². The Morgan fingerprint density at radius 3 is 2.95 bits per heavy atom. The summed E-state index contributed by atoms with van der Waals surface area (Å²) in [6, 6.07) is 8.95. The molecule has 3 rings (SSSR count). The van der Waals surface area contributed by atoms with Gasteiger partial charge in [-0.05, 0) is 12.1 Å². The molecule has 7 heteroatoms. The van der Waals surface area contributed by atoms with Gasteiger partial charge in [0, 0.05) is 10.8 Å². The van der Waals surface area contributed by atoms with Gasteiger partial charge in [-0.25, -0.2) is 4.79 Å². The summed E-state index contributed by atoms with van der Waals surface area (Å²) in [5.41, 5.74) is 1.52. The predicted molar refractivity (Wildman–Crippen MR) is 79.7 cm³/mol. The topological polar surface area (TPSA) is 84.1 Å². The summed E-state index contributed by atoms with van der Waals surface area (Å²) in [4.78, 5) is 23.6. The number of fused-ring (bicyclic) bond motifs is 1. The van der Waals surface area contributed by atoms with Gasteiger partial charge in [0.15, 0.2) is 5.69 Å². The van der Waals surface area contributed by atoms with Gasteiger partial charge in [-0.3, -0.25) is 9.89 Å². The van der Waals surface area contributed by atoms with E-state index in [9.17, 15) is 9.59 Å². The Hall–Kier alpha value is -2.67. The normalized spacial score (nSPS) is 10.5. The Morgan fingerprint density at radius 2 is 2.14 bits per heavy atom. The Morgan fingerprint density at radius 1 is 1.33 bits per heavy atom. The Labute approximate surface area is 123 Å². The summed E-state index contributed by atoms with van der Waals surface area (Å²) >= 11 is 1.25. The number of benzene rings is 1. The Balaban J connectivity index is 1.83. The van der Waals surface area contributed by atoms with Crippen molar-refractivity contribution in [3.05, 3.63) is 47.0 Å². The van der Waals surface area contributed by atoms with E-state index in [0.717, 1.165) is 10.9 Å². The number of ether oxygens (including phenoxy) is 1. The van der Waals surface area contributed by atoms with Crippen LogP contribution < -0.4 is 5.32 Å². The fourth-order valence-corrected chi connectivity index (χ4v) is 2.70. The fourth-order valence-electron chi connectivity index (χ4n) is 1.93. The van der Waals surface area contributed by atoms with Gasteiger partial charge in [-0.2, -0.15) is 5.10 Å². The molecule has 0 bridgehead atoms. The second kappa shape index (κ2) is 5.37. The number of thiophene rings is 1. The first-order valence-electron chi connectivity index (χ1n) is 6.10. The van der Waals surface area contributed by atoms with Crippen LogP contribution in [0.2, 0.25) is 0 Å². The summed E-state index contributed by atoms with van der Waals surface area (Å²) in [7, 11) is 1.31. The molecular formula is C14H11N3O3S. The summed E-state index contributed by atoms with van der Waals surface area (Å²) in [5, 5.41) is 12.5. The van der Waals surface area contributed by atoms with Gasteiger partial charge >= 0.3 is 5.97 Å². The van der Waals surface area contributed by atoms with E-state index in [0.29, 0.717) is 16.3 Å². The lowest BCUT2D eigenvalue weighted by Crippen LogP contribution is -2.11. The number of aromatic amines is 1. The van der Waals surface area contributed by atoms with E-state index in [2.05, 4.69) is 20.3 Å². The maximum absolute atomic E-state index is 12.2. The minimum atomic E-state index is -0.433. The molecule has 0 saturated heterocycles. The molecule has 21 heavy (non-hydrogen) atoms. The first-order valence-corrected chi connectivity index (χ1v) is 6.98. The second-order valence-corrected chi connectivity index (χ2v) is 5.17. The van der Waals surface area contributed by atoms with E-state index in [-0.39, 0.29) is 5.91 Å². The smallest absolute Gasteiger partial charge is 0.338 e.